The molecule has 0 aliphatic heterocycles. The Hall–Kier alpha value is -4.99. The Labute approximate surface area is 203 Å². The first-order chi connectivity index (χ1) is 17.6. The summed E-state index contributed by atoms with van der Waals surface area (Å²) >= 11 is 0. The predicted octanol–water partition coefficient (Wildman–Crippen LogP) is 5.11. The molecule has 36 heavy (non-hydrogen) atoms. The van der Waals surface area contributed by atoms with E-state index in [0.29, 0.717) is 51.3 Å². The molecule has 0 bridgehead atoms. The number of nitrogens with one attached hydrogen (secondary N) is 3. The lowest BCUT2D eigenvalue weighted by molar-refractivity contribution is -0.115. The van der Waals surface area contributed by atoms with E-state index in [2.05, 4.69) is 40.4 Å². The van der Waals surface area contributed by atoms with Crippen LogP contribution in [0.25, 0.3) is 55.8 Å². The minimum atomic E-state index is -0.472. The van der Waals surface area contributed by atoms with Crippen molar-refractivity contribution in [3.05, 3.63) is 73.2 Å². The summed E-state index contributed by atoms with van der Waals surface area (Å²) < 4.78 is 16.0. The third-order valence-electron chi connectivity index (χ3n) is 5.93. The highest BCUT2D eigenvalue weighted by molar-refractivity contribution is 5.98. The number of carbonyl (C=O) groups excluding carboxylic acids is 1. The van der Waals surface area contributed by atoms with Crippen LogP contribution in [0.1, 0.15) is 13.3 Å². The van der Waals surface area contributed by atoms with Gasteiger partial charge in [-0.3, -0.25) is 19.9 Å². The highest BCUT2D eigenvalue weighted by atomic mass is 19.1. The Morgan fingerprint density at radius 1 is 1.00 bits per heavy atom. The van der Waals surface area contributed by atoms with Gasteiger partial charge in [-0.2, -0.15) is 5.10 Å². The normalized spacial score (nSPS) is 11.3. The first kappa shape index (κ1) is 21.5. The number of anilines is 1. The molecule has 0 aliphatic rings. The van der Waals surface area contributed by atoms with Gasteiger partial charge in [-0.25, -0.2) is 14.4 Å². The average Bonchev–Trinajstić information content (AvgIpc) is 3.54. The minimum Gasteiger partial charge on any atom is -0.335 e. The molecule has 5 aromatic heterocycles. The lowest BCUT2D eigenvalue weighted by atomic mass is 10.0. The molecular weight excluding hydrogens is 459 g/mol. The van der Waals surface area contributed by atoms with Crippen LogP contribution in [0.15, 0.2) is 67.4 Å². The number of rotatable bonds is 5. The summed E-state index contributed by atoms with van der Waals surface area (Å²) in [6.45, 7) is 1.76. The number of aromatic amines is 2. The van der Waals surface area contributed by atoms with E-state index in [1.807, 2.05) is 18.2 Å². The molecule has 0 radical (unpaired) electrons. The first-order valence-corrected chi connectivity index (χ1v) is 11.3. The van der Waals surface area contributed by atoms with Crippen LogP contribution < -0.4 is 5.32 Å². The molecule has 3 N–H and O–H groups in total. The zero-order valence-corrected chi connectivity index (χ0v) is 19.1. The van der Waals surface area contributed by atoms with Gasteiger partial charge in [0.25, 0.3) is 0 Å². The number of benzene rings is 1. The monoisotopic (exact) mass is 478 g/mol. The number of imidazole rings is 1. The van der Waals surface area contributed by atoms with E-state index < -0.39 is 5.82 Å². The topological polar surface area (TPSA) is 125 Å². The number of H-pyrrole nitrogens is 2. The molecule has 10 heteroatoms. The van der Waals surface area contributed by atoms with E-state index in [1.165, 1.54) is 6.20 Å². The largest absolute Gasteiger partial charge is 0.335 e. The molecule has 176 valence electrons. The second-order valence-corrected chi connectivity index (χ2v) is 8.16. The van der Waals surface area contributed by atoms with Gasteiger partial charge in [0.15, 0.2) is 11.5 Å². The van der Waals surface area contributed by atoms with Crippen LogP contribution >= 0.6 is 0 Å². The van der Waals surface area contributed by atoms with E-state index in [4.69, 9.17) is 0 Å². The predicted molar refractivity (Wildman–Crippen MR) is 134 cm³/mol. The zero-order chi connectivity index (χ0) is 24.6. The lowest BCUT2D eigenvalue weighted by Crippen LogP contribution is -2.09. The SMILES string of the molecule is CCC(=O)Nc1cncc(-c2ccc3[nH]nc(-c4nc5nccc(-c6ccncc6)c5[nH]4)c3c2F)c1. The van der Waals surface area contributed by atoms with Gasteiger partial charge in [-0.15, -0.1) is 0 Å². The van der Waals surface area contributed by atoms with Gasteiger partial charge in [0.05, 0.1) is 28.3 Å². The van der Waals surface area contributed by atoms with Crippen molar-refractivity contribution in [2.24, 2.45) is 0 Å². The summed E-state index contributed by atoms with van der Waals surface area (Å²) in [7, 11) is 0. The third-order valence-corrected chi connectivity index (χ3v) is 5.93. The Morgan fingerprint density at radius 2 is 1.86 bits per heavy atom. The van der Waals surface area contributed by atoms with Crippen molar-refractivity contribution in [1.82, 2.24) is 35.1 Å². The van der Waals surface area contributed by atoms with Crippen LogP contribution in [0.2, 0.25) is 0 Å². The quantitative estimate of drug-likeness (QED) is 0.316. The molecule has 9 nitrogen and oxygen atoms in total. The van der Waals surface area contributed by atoms with Crippen LogP contribution in [0.4, 0.5) is 10.1 Å². The fourth-order valence-electron chi connectivity index (χ4n) is 4.17. The number of hydrogen-bond acceptors (Lipinski definition) is 6. The van der Waals surface area contributed by atoms with Crippen LogP contribution in [0.5, 0.6) is 0 Å². The highest BCUT2D eigenvalue weighted by Gasteiger charge is 2.20. The second-order valence-electron chi connectivity index (χ2n) is 8.16. The van der Waals surface area contributed by atoms with Crippen LogP contribution in [0, 0.1) is 5.82 Å². The van der Waals surface area contributed by atoms with Crippen molar-refractivity contribution in [1.29, 1.82) is 0 Å². The van der Waals surface area contributed by atoms with Gasteiger partial charge in [-0.1, -0.05) is 6.92 Å². The number of hydrogen-bond donors (Lipinski definition) is 3. The van der Waals surface area contributed by atoms with Crippen molar-refractivity contribution in [3.8, 4) is 33.8 Å². The number of halogens is 1. The van der Waals surface area contributed by atoms with Crippen LogP contribution in [0.3, 0.4) is 0 Å². The van der Waals surface area contributed by atoms with E-state index in [-0.39, 0.29) is 5.91 Å². The summed E-state index contributed by atoms with van der Waals surface area (Å²) in [5.41, 5.74) is 5.29. The van der Waals surface area contributed by atoms with Gasteiger partial charge in [-0.05, 0) is 42.0 Å². The first-order valence-electron chi connectivity index (χ1n) is 11.3. The van der Waals surface area contributed by atoms with Crippen molar-refractivity contribution in [2.75, 3.05) is 5.32 Å². The van der Waals surface area contributed by atoms with Crippen LogP contribution in [-0.2, 0) is 4.79 Å². The van der Waals surface area contributed by atoms with E-state index in [1.54, 1.807) is 49.9 Å². The molecule has 0 fully saturated rings. The van der Waals surface area contributed by atoms with Gasteiger partial charge < -0.3 is 10.3 Å². The maximum Gasteiger partial charge on any atom is 0.224 e. The minimum absolute atomic E-state index is 0.147. The van der Waals surface area contributed by atoms with Crippen LogP contribution in [-0.4, -0.2) is 41.0 Å². The van der Waals surface area contributed by atoms with E-state index in [0.717, 1.165) is 16.6 Å². The lowest BCUT2D eigenvalue weighted by Gasteiger charge is -2.08. The van der Waals surface area contributed by atoms with E-state index in [9.17, 15) is 4.79 Å². The Morgan fingerprint density at radius 3 is 2.69 bits per heavy atom. The zero-order valence-electron chi connectivity index (χ0n) is 19.1. The maximum absolute atomic E-state index is 16.0. The van der Waals surface area contributed by atoms with Gasteiger partial charge in [0.2, 0.25) is 5.91 Å². The molecule has 1 amide bonds. The Balaban J connectivity index is 1.47. The summed E-state index contributed by atoms with van der Waals surface area (Å²) in [5.74, 6) is -0.227. The molecule has 0 saturated heterocycles. The van der Waals surface area contributed by atoms with E-state index >= 15 is 4.39 Å². The van der Waals surface area contributed by atoms with Crippen molar-refractivity contribution in [3.63, 3.8) is 0 Å². The molecule has 0 saturated carbocycles. The molecule has 6 rings (SSSR count). The summed E-state index contributed by atoms with van der Waals surface area (Å²) in [5, 5.41) is 10.3. The maximum atomic E-state index is 16.0. The Kier molecular flexibility index (Phi) is 5.18. The Bertz CT molecular complexity index is 1740. The average molecular weight is 478 g/mol. The van der Waals surface area contributed by atoms with Crippen molar-refractivity contribution >= 4 is 33.7 Å². The fraction of sp³-hybridized carbons (Fsp3) is 0.0769. The number of pyridine rings is 3. The number of aromatic nitrogens is 7. The molecule has 1 aromatic carbocycles. The van der Waals surface area contributed by atoms with Crippen molar-refractivity contribution in [2.45, 2.75) is 13.3 Å². The van der Waals surface area contributed by atoms with Gasteiger partial charge >= 0.3 is 0 Å². The fourth-order valence-corrected chi connectivity index (χ4v) is 4.17. The molecule has 0 spiro atoms. The standard InChI is InChI=1S/C26H19FN8O/c1-2-20(36)31-16-11-15(12-29-13-16)17-3-4-19-21(22(17)27)24(35-34-19)26-32-23-18(7-10-30-25(23)33-26)14-5-8-28-9-6-14/h3-13H,2H2,1H3,(H,31,36)(H,34,35)(H,30,32,33). The molecule has 0 aliphatic carbocycles. The molecule has 6 aromatic rings. The van der Waals surface area contributed by atoms with Gasteiger partial charge in [0, 0.05) is 47.9 Å². The summed E-state index contributed by atoms with van der Waals surface area (Å²) in [6, 6.07) is 10.8. The number of nitrogens with zero attached hydrogens (tertiary/aromatic N) is 5. The molecule has 0 atom stereocenters. The van der Waals surface area contributed by atoms with Gasteiger partial charge in [0.1, 0.15) is 11.5 Å². The smallest absolute Gasteiger partial charge is 0.224 e. The molecule has 5 heterocycles. The number of fused-ring (bicyclic) bond motifs is 2. The number of amides is 1. The highest BCUT2D eigenvalue weighted by Crippen LogP contribution is 2.35. The third kappa shape index (κ3) is 3.65. The molecule has 0 unspecified atom stereocenters. The molecular formula is C26H19FN8O. The number of carbonyl (C=O) groups is 1. The van der Waals surface area contributed by atoms with Crippen molar-refractivity contribution < 1.29 is 9.18 Å². The summed E-state index contributed by atoms with van der Waals surface area (Å²) in [6.07, 6.45) is 8.53. The second kappa shape index (κ2) is 8.66. The summed E-state index contributed by atoms with van der Waals surface area (Å²) in [4.78, 5) is 32.3.